The van der Waals surface area contributed by atoms with Gasteiger partial charge in [0.2, 0.25) is 0 Å². The molecule has 1 aromatic carbocycles. The molecule has 0 radical (unpaired) electrons. The molecule has 0 fully saturated rings. The van der Waals surface area contributed by atoms with E-state index in [2.05, 4.69) is 15.9 Å². The van der Waals surface area contributed by atoms with Gasteiger partial charge in [-0.2, -0.15) is 0 Å². The number of carbonyl (C=O) groups excluding carboxylic acids is 2. The van der Waals surface area contributed by atoms with Crippen LogP contribution in [0.15, 0.2) is 22.7 Å². The van der Waals surface area contributed by atoms with Crippen molar-refractivity contribution in [2.45, 2.75) is 20.8 Å². The fraction of sp³-hybridized carbons (Fsp3) is 0.467. The number of hydrogen-bond donors (Lipinski definition) is 0. The highest BCUT2D eigenvalue weighted by atomic mass is 79.9. The summed E-state index contributed by atoms with van der Waals surface area (Å²) < 4.78 is 5.64. The van der Waals surface area contributed by atoms with Gasteiger partial charge in [-0.15, -0.1) is 0 Å². The van der Waals surface area contributed by atoms with E-state index >= 15 is 0 Å². The molecule has 0 N–H and O–H groups in total. The Morgan fingerprint density at radius 1 is 1.38 bits per heavy atom. The second-order valence-electron chi connectivity index (χ2n) is 5.01. The average molecular weight is 377 g/mol. The minimum atomic E-state index is -0.408. The third kappa shape index (κ3) is 5.67. The van der Waals surface area contributed by atoms with E-state index in [9.17, 15) is 9.59 Å². The highest BCUT2D eigenvalue weighted by molar-refractivity contribution is 9.10. The molecule has 0 aliphatic heterocycles. The highest BCUT2D eigenvalue weighted by Crippen LogP contribution is 2.24. The quantitative estimate of drug-likeness (QED) is 0.710. The third-order valence-electron chi connectivity index (χ3n) is 2.66. The van der Waals surface area contributed by atoms with Gasteiger partial charge in [0.25, 0.3) is 5.91 Å². The van der Waals surface area contributed by atoms with Crippen LogP contribution in [0.4, 0.5) is 0 Å². The van der Waals surface area contributed by atoms with Crippen molar-refractivity contribution in [1.29, 1.82) is 0 Å². The molecule has 4 nitrogen and oxygen atoms in total. The lowest BCUT2D eigenvalue weighted by atomic mass is 10.1. The van der Waals surface area contributed by atoms with E-state index in [4.69, 9.17) is 16.3 Å². The first-order chi connectivity index (χ1) is 9.85. The summed E-state index contributed by atoms with van der Waals surface area (Å²) in [5.74, 6) is -0.393. The Hall–Kier alpha value is -1.07. The van der Waals surface area contributed by atoms with Crippen LogP contribution in [0.2, 0.25) is 5.02 Å². The van der Waals surface area contributed by atoms with Crippen LogP contribution in [-0.4, -0.2) is 36.5 Å². The number of esters is 1. The molecule has 116 valence electrons. The molecule has 0 saturated heterocycles. The second kappa shape index (κ2) is 8.39. The molecular formula is C15H19BrClNO3. The molecule has 0 heterocycles. The Morgan fingerprint density at radius 3 is 2.57 bits per heavy atom. The zero-order chi connectivity index (χ0) is 16.0. The maximum absolute atomic E-state index is 12.5. The zero-order valence-electron chi connectivity index (χ0n) is 12.4. The summed E-state index contributed by atoms with van der Waals surface area (Å²) in [6, 6.07) is 4.98. The predicted molar refractivity (Wildman–Crippen MR) is 86.5 cm³/mol. The smallest absolute Gasteiger partial charge is 0.325 e. The Balaban J connectivity index is 2.92. The molecule has 0 aliphatic carbocycles. The van der Waals surface area contributed by atoms with E-state index < -0.39 is 5.97 Å². The molecule has 0 spiro atoms. The second-order valence-corrected chi connectivity index (χ2v) is 6.27. The Bertz CT molecular complexity index is 520. The number of halogens is 2. The van der Waals surface area contributed by atoms with Crippen LogP contribution >= 0.6 is 27.5 Å². The molecule has 0 aromatic heterocycles. The number of rotatable bonds is 6. The van der Waals surface area contributed by atoms with E-state index in [1.54, 1.807) is 25.1 Å². The van der Waals surface area contributed by atoms with Gasteiger partial charge in [-0.1, -0.05) is 25.4 Å². The van der Waals surface area contributed by atoms with Gasteiger partial charge in [0, 0.05) is 16.6 Å². The van der Waals surface area contributed by atoms with Crippen LogP contribution in [-0.2, 0) is 9.53 Å². The molecule has 1 aromatic rings. The number of benzene rings is 1. The van der Waals surface area contributed by atoms with Gasteiger partial charge in [0.05, 0.1) is 11.6 Å². The van der Waals surface area contributed by atoms with E-state index in [-0.39, 0.29) is 18.4 Å². The summed E-state index contributed by atoms with van der Waals surface area (Å²) in [7, 11) is 0. The first-order valence-corrected chi connectivity index (χ1v) is 7.92. The molecule has 1 rings (SSSR count). The summed E-state index contributed by atoms with van der Waals surface area (Å²) >= 11 is 9.30. The van der Waals surface area contributed by atoms with Gasteiger partial charge in [0.1, 0.15) is 6.54 Å². The molecule has 21 heavy (non-hydrogen) atoms. The number of nitrogens with zero attached hydrogens (tertiary/aromatic N) is 1. The van der Waals surface area contributed by atoms with Crippen molar-refractivity contribution in [3.8, 4) is 0 Å². The Kier molecular flexibility index (Phi) is 7.18. The fourth-order valence-electron chi connectivity index (χ4n) is 1.83. The first-order valence-electron chi connectivity index (χ1n) is 6.75. The minimum Gasteiger partial charge on any atom is -0.465 e. The molecule has 1 amide bonds. The maximum atomic E-state index is 12.5. The van der Waals surface area contributed by atoms with Crippen molar-refractivity contribution < 1.29 is 14.3 Å². The highest BCUT2D eigenvalue weighted by Gasteiger charge is 2.21. The molecule has 0 atom stereocenters. The standard InChI is InChI=1S/C15H19BrClNO3/c1-4-21-14(19)9-18(8-10(2)3)15(20)11-5-6-12(16)13(17)7-11/h5-7,10H,4,8-9H2,1-3H3. The normalized spacial score (nSPS) is 10.6. The summed E-state index contributed by atoms with van der Waals surface area (Å²) in [4.78, 5) is 25.7. The fourth-order valence-corrected chi connectivity index (χ4v) is 2.26. The predicted octanol–water partition coefficient (Wildman–Crippen LogP) is 3.76. The first kappa shape index (κ1) is 18.0. The monoisotopic (exact) mass is 375 g/mol. The lowest BCUT2D eigenvalue weighted by Crippen LogP contribution is -2.39. The van der Waals surface area contributed by atoms with Crippen molar-refractivity contribution in [3.05, 3.63) is 33.3 Å². The topological polar surface area (TPSA) is 46.6 Å². The van der Waals surface area contributed by atoms with Gasteiger partial charge in [-0.3, -0.25) is 9.59 Å². The van der Waals surface area contributed by atoms with E-state index in [1.807, 2.05) is 13.8 Å². The summed E-state index contributed by atoms with van der Waals surface area (Å²) in [6.07, 6.45) is 0. The van der Waals surface area contributed by atoms with E-state index in [1.165, 1.54) is 4.90 Å². The summed E-state index contributed by atoms with van der Waals surface area (Å²) in [6.45, 7) is 6.43. The van der Waals surface area contributed by atoms with Crippen molar-refractivity contribution in [1.82, 2.24) is 4.90 Å². The van der Waals surface area contributed by atoms with Crippen LogP contribution in [0.3, 0.4) is 0 Å². The number of hydrogen-bond acceptors (Lipinski definition) is 3. The van der Waals surface area contributed by atoms with E-state index in [0.717, 1.165) is 4.47 Å². The third-order valence-corrected chi connectivity index (χ3v) is 3.90. The SMILES string of the molecule is CCOC(=O)CN(CC(C)C)C(=O)c1ccc(Br)c(Cl)c1. The minimum absolute atomic E-state index is 0.0570. The van der Waals surface area contributed by atoms with Crippen LogP contribution in [0, 0.1) is 5.92 Å². The molecular weight excluding hydrogens is 358 g/mol. The van der Waals surface area contributed by atoms with Crippen molar-refractivity contribution in [2.24, 2.45) is 5.92 Å². The summed E-state index contributed by atoms with van der Waals surface area (Å²) in [5, 5.41) is 0.460. The molecule has 0 bridgehead atoms. The van der Waals surface area contributed by atoms with Gasteiger partial charge >= 0.3 is 5.97 Å². The number of carbonyl (C=O) groups is 2. The van der Waals surface area contributed by atoms with Crippen LogP contribution in [0.5, 0.6) is 0 Å². The maximum Gasteiger partial charge on any atom is 0.325 e. The Morgan fingerprint density at radius 2 is 2.05 bits per heavy atom. The van der Waals surface area contributed by atoms with Crippen molar-refractivity contribution >= 4 is 39.4 Å². The lowest BCUT2D eigenvalue weighted by molar-refractivity contribution is -0.143. The number of amides is 1. The van der Waals surface area contributed by atoms with Crippen molar-refractivity contribution in [3.63, 3.8) is 0 Å². The molecule has 0 aliphatic rings. The zero-order valence-corrected chi connectivity index (χ0v) is 14.7. The van der Waals surface area contributed by atoms with Gasteiger partial charge in [-0.25, -0.2) is 0 Å². The van der Waals surface area contributed by atoms with Crippen LogP contribution in [0.25, 0.3) is 0 Å². The van der Waals surface area contributed by atoms with Crippen molar-refractivity contribution in [2.75, 3.05) is 19.7 Å². The number of ether oxygens (including phenoxy) is 1. The Labute approximate surface area is 138 Å². The average Bonchev–Trinajstić information content (AvgIpc) is 2.40. The van der Waals surface area contributed by atoms with Crippen LogP contribution < -0.4 is 0 Å². The molecule has 0 saturated carbocycles. The van der Waals surface area contributed by atoms with Gasteiger partial charge < -0.3 is 9.64 Å². The lowest BCUT2D eigenvalue weighted by Gasteiger charge is -2.23. The van der Waals surface area contributed by atoms with E-state index in [0.29, 0.717) is 23.7 Å². The largest absolute Gasteiger partial charge is 0.465 e. The molecule has 0 unspecified atom stereocenters. The van der Waals surface area contributed by atoms with Crippen LogP contribution in [0.1, 0.15) is 31.1 Å². The van der Waals surface area contributed by atoms with Gasteiger partial charge in [0.15, 0.2) is 0 Å². The van der Waals surface area contributed by atoms with Gasteiger partial charge in [-0.05, 0) is 47.0 Å². The molecule has 6 heteroatoms. The summed E-state index contributed by atoms with van der Waals surface area (Å²) in [5.41, 5.74) is 0.452.